The van der Waals surface area contributed by atoms with E-state index in [0.717, 1.165) is 6.42 Å². The number of hydrogen-bond donors (Lipinski definition) is 1. The first kappa shape index (κ1) is 11.4. The average molecular weight is 231 g/mol. The normalized spacial score (nSPS) is 10.1. The van der Waals surface area contributed by atoms with Crippen molar-refractivity contribution in [2.24, 2.45) is 0 Å². The van der Waals surface area contributed by atoms with Gasteiger partial charge in [0.15, 0.2) is 5.76 Å². The van der Waals surface area contributed by atoms with Crippen LogP contribution in [0.1, 0.15) is 16.1 Å². The smallest absolute Gasteiger partial charge is 0.310 e. The highest BCUT2D eigenvalue weighted by molar-refractivity contribution is 5.90. The molecule has 0 spiro atoms. The second-order valence-corrected chi connectivity index (χ2v) is 3.49. The predicted molar refractivity (Wildman–Crippen MR) is 62.3 cm³/mol. The summed E-state index contributed by atoms with van der Waals surface area (Å²) in [6.07, 6.45) is 2.19. The molecule has 2 rings (SSSR count). The Morgan fingerprint density at radius 2 is 2.00 bits per heavy atom. The van der Waals surface area contributed by atoms with Gasteiger partial charge in [-0.15, -0.1) is 0 Å². The van der Waals surface area contributed by atoms with Crippen LogP contribution >= 0.6 is 0 Å². The van der Waals surface area contributed by atoms with Crippen molar-refractivity contribution in [2.45, 2.75) is 6.42 Å². The second-order valence-electron chi connectivity index (χ2n) is 3.49. The fourth-order valence-electron chi connectivity index (χ4n) is 1.39. The monoisotopic (exact) mass is 231 g/mol. The van der Waals surface area contributed by atoms with Crippen molar-refractivity contribution in [1.82, 2.24) is 5.48 Å². The molecule has 1 aromatic heterocycles. The van der Waals surface area contributed by atoms with Crippen LogP contribution in [0.4, 0.5) is 0 Å². The number of carbonyl (C=O) groups is 1. The van der Waals surface area contributed by atoms with Crippen LogP contribution in [0.3, 0.4) is 0 Å². The fraction of sp³-hybridized carbons (Fsp3) is 0.154. The maximum absolute atomic E-state index is 11.4. The van der Waals surface area contributed by atoms with Crippen LogP contribution in [0, 0.1) is 0 Å². The Bertz CT molecular complexity index is 451. The molecule has 0 saturated heterocycles. The lowest BCUT2D eigenvalue weighted by atomic mass is 10.2. The van der Waals surface area contributed by atoms with Crippen molar-refractivity contribution in [3.8, 4) is 0 Å². The van der Waals surface area contributed by atoms with Crippen LogP contribution in [-0.2, 0) is 11.3 Å². The van der Waals surface area contributed by atoms with Gasteiger partial charge in [0.1, 0.15) is 0 Å². The number of amides is 1. The molecule has 4 nitrogen and oxygen atoms in total. The van der Waals surface area contributed by atoms with E-state index in [9.17, 15) is 4.79 Å². The summed E-state index contributed by atoms with van der Waals surface area (Å²) in [5.41, 5.74) is 3.49. The molecule has 4 heteroatoms. The number of benzene rings is 1. The van der Waals surface area contributed by atoms with E-state index in [1.807, 2.05) is 30.3 Å². The van der Waals surface area contributed by atoms with Crippen molar-refractivity contribution >= 4 is 5.91 Å². The topological polar surface area (TPSA) is 51.5 Å². The van der Waals surface area contributed by atoms with Gasteiger partial charge in [-0.25, -0.2) is 5.48 Å². The van der Waals surface area contributed by atoms with Crippen molar-refractivity contribution in [3.63, 3.8) is 0 Å². The van der Waals surface area contributed by atoms with Crippen LogP contribution in [0.5, 0.6) is 0 Å². The summed E-state index contributed by atoms with van der Waals surface area (Å²) in [5, 5.41) is 0. The SMILES string of the molecule is O=C(NOCCc1ccccc1)c1ccco1. The molecule has 1 heterocycles. The summed E-state index contributed by atoms with van der Waals surface area (Å²) in [5.74, 6) is -0.132. The molecular formula is C13H13NO3. The summed E-state index contributed by atoms with van der Waals surface area (Å²) in [4.78, 5) is 16.5. The zero-order valence-electron chi connectivity index (χ0n) is 9.26. The third kappa shape index (κ3) is 3.46. The Morgan fingerprint density at radius 1 is 1.18 bits per heavy atom. The Morgan fingerprint density at radius 3 is 2.71 bits per heavy atom. The standard InChI is InChI=1S/C13H13NO3/c15-13(12-7-4-9-16-12)14-17-10-8-11-5-2-1-3-6-11/h1-7,9H,8,10H2,(H,14,15). The molecule has 0 fully saturated rings. The van der Waals surface area contributed by atoms with Crippen LogP contribution in [0.25, 0.3) is 0 Å². The number of nitrogens with one attached hydrogen (secondary N) is 1. The minimum Gasteiger partial charge on any atom is -0.459 e. The molecule has 0 atom stereocenters. The van der Waals surface area contributed by atoms with E-state index in [4.69, 9.17) is 9.25 Å². The van der Waals surface area contributed by atoms with Crippen molar-refractivity contribution in [1.29, 1.82) is 0 Å². The third-order valence-electron chi connectivity index (χ3n) is 2.25. The zero-order valence-corrected chi connectivity index (χ0v) is 9.26. The van der Waals surface area contributed by atoms with Gasteiger partial charge in [0, 0.05) is 0 Å². The Labute approximate surface area is 99.2 Å². The van der Waals surface area contributed by atoms with Gasteiger partial charge in [0.05, 0.1) is 12.9 Å². The Kier molecular flexibility index (Phi) is 3.94. The van der Waals surface area contributed by atoms with Crippen LogP contribution < -0.4 is 5.48 Å². The van der Waals surface area contributed by atoms with Gasteiger partial charge in [-0.3, -0.25) is 9.63 Å². The lowest BCUT2D eigenvalue weighted by Gasteiger charge is -2.04. The largest absolute Gasteiger partial charge is 0.459 e. The maximum atomic E-state index is 11.4. The van der Waals surface area contributed by atoms with E-state index in [0.29, 0.717) is 6.61 Å². The molecule has 0 bridgehead atoms. The minimum atomic E-state index is -0.372. The molecular weight excluding hydrogens is 218 g/mol. The lowest BCUT2D eigenvalue weighted by molar-refractivity contribution is 0.0301. The molecule has 0 aliphatic heterocycles. The van der Waals surface area contributed by atoms with Crippen LogP contribution in [0.15, 0.2) is 53.1 Å². The van der Waals surface area contributed by atoms with Crippen LogP contribution in [0.2, 0.25) is 0 Å². The summed E-state index contributed by atoms with van der Waals surface area (Å²) < 4.78 is 4.92. The highest BCUT2D eigenvalue weighted by Gasteiger charge is 2.07. The molecule has 88 valence electrons. The number of hydrogen-bond acceptors (Lipinski definition) is 3. The first-order chi connectivity index (χ1) is 8.36. The molecule has 1 N–H and O–H groups in total. The molecule has 1 aromatic carbocycles. The second kappa shape index (κ2) is 5.86. The summed E-state index contributed by atoms with van der Waals surface area (Å²) in [6, 6.07) is 13.2. The minimum absolute atomic E-state index is 0.240. The number of hydroxylamine groups is 1. The van der Waals surface area contributed by atoms with Crippen LogP contribution in [-0.4, -0.2) is 12.5 Å². The van der Waals surface area contributed by atoms with Crippen molar-refractivity contribution < 1.29 is 14.0 Å². The van der Waals surface area contributed by atoms with Gasteiger partial charge < -0.3 is 4.42 Å². The third-order valence-corrected chi connectivity index (χ3v) is 2.25. The summed E-state index contributed by atoms with van der Waals surface area (Å²) in [7, 11) is 0. The van der Waals surface area contributed by atoms with Crippen molar-refractivity contribution in [2.75, 3.05) is 6.61 Å². The van der Waals surface area contributed by atoms with E-state index in [1.54, 1.807) is 12.1 Å². The molecule has 17 heavy (non-hydrogen) atoms. The Balaban J connectivity index is 1.69. The molecule has 0 aliphatic rings. The number of rotatable bonds is 5. The molecule has 0 radical (unpaired) electrons. The maximum Gasteiger partial charge on any atom is 0.310 e. The van der Waals surface area contributed by atoms with Gasteiger partial charge in [0.25, 0.3) is 0 Å². The first-order valence-electron chi connectivity index (χ1n) is 5.36. The molecule has 0 unspecified atom stereocenters. The lowest BCUT2D eigenvalue weighted by Crippen LogP contribution is -2.24. The van der Waals surface area contributed by atoms with Gasteiger partial charge in [-0.2, -0.15) is 0 Å². The van der Waals surface area contributed by atoms with E-state index < -0.39 is 0 Å². The molecule has 2 aromatic rings. The highest BCUT2D eigenvalue weighted by atomic mass is 16.7. The first-order valence-corrected chi connectivity index (χ1v) is 5.36. The quantitative estimate of drug-likeness (QED) is 0.634. The van der Waals surface area contributed by atoms with Gasteiger partial charge in [-0.1, -0.05) is 30.3 Å². The Hall–Kier alpha value is -2.07. The van der Waals surface area contributed by atoms with E-state index in [-0.39, 0.29) is 11.7 Å². The van der Waals surface area contributed by atoms with Gasteiger partial charge in [0.2, 0.25) is 0 Å². The summed E-state index contributed by atoms with van der Waals surface area (Å²) in [6.45, 7) is 0.427. The average Bonchev–Trinajstić information content (AvgIpc) is 2.89. The number of carbonyl (C=O) groups excluding carboxylic acids is 1. The van der Waals surface area contributed by atoms with Gasteiger partial charge >= 0.3 is 5.91 Å². The molecule has 0 aliphatic carbocycles. The molecule has 1 amide bonds. The molecule has 0 saturated carbocycles. The predicted octanol–water partition coefficient (Wildman–Crippen LogP) is 2.18. The van der Waals surface area contributed by atoms with E-state index in [2.05, 4.69) is 5.48 Å². The highest BCUT2D eigenvalue weighted by Crippen LogP contribution is 2.00. The zero-order chi connectivity index (χ0) is 11.9. The van der Waals surface area contributed by atoms with E-state index in [1.165, 1.54) is 11.8 Å². The number of furan rings is 1. The fourth-order valence-corrected chi connectivity index (χ4v) is 1.39. The summed E-state index contributed by atoms with van der Waals surface area (Å²) >= 11 is 0. The van der Waals surface area contributed by atoms with E-state index >= 15 is 0 Å². The van der Waals surface area contributed by atoms with Crippen molar-refractivity contribution in [3.05, 3.63) is 60.1 Å². The van der Waals surface area contributed by atoms with Gasteiger partial charge in [-0.05, 0) is 24.1 Å².